The summed E-state index contributed by atoms with van der Waals surface area (Å²) >= 11 is 9.10. The molecule has 3 N–H and O–H groups in total. The second kappa shape index (κ2) is 10.3. The van der Waals surface area contributed by atoms with Crippen molar-refractivity contribution in [1.82, 2.24) is 14.5 Å². The molecular weight excluding hydrogens is 577 g/mol. The highest BCUT2D eigenvalue weighted by atomic mass is 127. The Kier molecular flexibility index (Phi) is 8.74. The van der Waals surface area contributed by atoms with E-state index in [0.29, 0.717) is 35.4 Å². The summed E-state index contributed by atoms with van der Waals surface area (Å²) in [5.74, 6) is -0.380. The van der Waals surface area contributed by atoms with Gasteiger partial charge in [-0.25, -0.2) is 9.00 Å². The first-order valence-corrected chi connectivity index (χ1v) is 11.2. The van der Waals surface area contributed by atoms with Crippen LogP contribution < -0.4 is 5.32 Å². The Morgan fingerprint density at radius 2 is 2.04 bits per heavy atom. The Labute approximate surface area is 186 Å². The highest BCUT2D eigenvalue weighted by Crippen LogP contribution is 2.28. The number of likely N-dealkylation sites (tertiary alicyclic amines) is 1. The molecule has 1 aromatic carbocycles. The third-order valence-electron chi connectivity index (χ3n) is 4.11. The molecule has 2 rings (SSSR count). The van der Waals surface area contributed by atoms with Crippen LogP contribution in [0.5, 0.6) is 0 Å². The first-order valence-electron chi connectivity index (χ1n) is 7.94. The minimum Gasteiger partial charge on any atom is -0.465 e. The number of halogens is 3. The van der Waals surface area contributed by atoms with Gasteiger partial charge in [-0.2, -0.15) is 4.31 Å². The molecule has 1 unspecified atom stereocenters. The third kappa shape index (κ3) is 6.82. The van der Waals surface area contributed by atoms with E-state index in [1.54, 1.807) is 12.1 Å². The largest absolute Gasteiger partial charge is 0.465 e. The van der Waals surface area contributed by atoms with E-state index >= 15 is 0 Å². The molecule has 27 heavy (non-hydrogen) atoms. The van der Waals surface area contributed by atoms with Gasteiger partial charge in [0.15, 0.2) is 0 Å². The molecule has 2 amide bonds. The fraction of sp³-hybridized carbons (Fsp3) is 0.467. The van der Waals surface area contributed by atoms with E-state index in [4.69, 9.17) is 16.7 Å². The molecule has 1 fully saturated rings. The number of benzene rings is 1. The molecule has 1 heterocycles. The average molecular weight is 595 g/mol. The minimum atomic E-state index is -2.33. The first-order chi connectivity index (χ1) is 12.7. The molecule has 1 aliphatic heterocycles. The fourth-order valence-electron chi connectivity index (χ4n) is 2.69. The molecule has 0 radical (unpaired) electrons. The van der Waals surface area contributed by atoms with Crippen molar-refractivity contribution in [2.75, 3.05) is 19.6 Å². The van der Waals surface area contributed by atoms with Crippen LogP contribution in [0.4, 0.5) is 4.79 Å². The van der Waals surface area contributed by atoms with Gasteiger partial charge >= 0.3 is 6.09 Å². The van der Waals surface area contributed by atoms with Gasteiger partial charge in [0.2, 0.25) is 17.2 Å². The Morgan fingerprint density at radius 3 is 2.59 bits per heavy atom. The number of nitrogens with one attached hydrogen (secondary N) is 1. The lowest BCUT2D eigenvalue weighted by molar-refractivity contribution is -0.122. The summed E-state index contributed by atoms with van der Waals surface area (Å²) in [4.78, 5) is 24.5. The molecule has 1 aliphatic rings. The van der Waals surface area contributed by atoms with E-state index in [-0.39, 0.29) is 25.0 Å². The number of carbonyl (C=O) groups is 2. The molecule has 0 aliphatic carbocycles. The quantitative estimate of drug-likeness (QED) is 0.267. The molecule has 12 heteroatoms. The molecular formula is C15H18BrClIN3O5S. The van der Waals surface area contributed by atoms with Crippen molar-refractivity contribution in [3.05, 3.63) is 30.8 Å². The van der Waals surface area contributed by atoms with Gasteiger partial charge in [-0.05, 0) is 69.1 Å². The minimum absolute atomic E-state index is 0.0992. The van der Waals surface area contributed by atoms with Gasteiger partial charge in [0.1, 0.15) is 0 Å². The highest BCUT2D eigenvalue weighted by Gasteiger charge is 2.25. The molecule has 0 bridgehead atoms. The monoisotopic (exact) mass is 593 g/mol. The Morgan fingerprint density at radius 1 is 1.41 bits per heavy atom. The normalized spacial score (nSPS) is 16.4. The predicted molar refractivity (Wildman–Crippen MR) is 114 cm³/mol. The molecule has 0 saturated carbocycles. The standard InChI is InChI=1S/C15H18BrClIN3O5S/c16-11-5-9(13(18)6-12(11)17)7-21(27(25)26)8-14(22)19-10-1-3-20(4-2-10)15(23)24/h5-6,10H,1-4,7-8H2,(H,19,22)(H,23,24)(H,25,26). The summed E-state index contributed by atoms with van der Waals surface area (Å²) in [6, 6.07) is 3.34. The predicted octanol–water partition coefficient (Wildman–Crippen LogP) is 2.90. The number of nitrogens with zero attached hydrogens (tertiary/aromatic N) is 2. The van der Waals surface area contributed by atoms with E-state index in [0.717, 1.165) is 13.4 Å². The van der Waals surface area contributed by atoms with Gasteiger partial charge < -0.3 is 15.3 Å². The van der Waals surface area contributed by atoms with Crippen molar-refractivity contribution < 1.29 is 23.5 Å². The fourth-order valence-corrected chi connectivity index (χ4v) is 4.54. The summed E-state index contributed by atoms with van der Waals surface area (Å²) in [5.41, 5.74) is 0.761. The zero-order chi connectivity index (χ0) is 20.1. The van der Waals surface area contributed by atoms with E-state index in [1.807, 2.05) is 0 Å². The Hall–Kier alpha value is -0.470. The maximum Gasteiger partial charge on any atom is 0.407 e. The van der Waals surface area contributed by atoms with Gasteiger partial charge in [-0.15, -0.1) is 0 Å². The van der Waals surface area contributed by atoms with Crippen molar-refractivity contribution >= 4 is 73.4 Å². The van der Waals surface area contributed by atoms with E-state index in [2.05, 4.69) is 43.8 Å². The summed E-state index contributed by atoms with van der Waals surface area (Å²) in [6.45, 7) is 0.556. The van der Waals surface area contributed by atoms with Crippen molar-refractivity contribution in [1.29, 1.82) is 0 Å². The zero-order valence-electron chi connectivity index (χ0n) is 14.0. The smallest absolute Gasteiger partial charge is 0.407 e. The lowest BCUT2D eigenvalue weighted by Crippen LogP contribution is -2.48. The van der Waals surface area contributed by atoms with Crippen molar-refractivity contribution in [2.24, 2.45) is 0 Å². The number of amides is 2. The van der Waals surface area contributed by atoms with Gasteiger partial charge in [-0.3, -0.25) is 9.35 Å². The number of carboxylic acid groups (broad SMARTS) is 1. The molecule has 1 aromatic rings. The van der Waals surface area contributed by atoms with Crippen molar-refractivity contribution in [3.8, 4) is 0 Å². The number of hydrogen-bond acceptors (Lipinski definition) is 3. The van der Waals surface area contributed by atoms with Crippen LogP contribution in [0.25, 0.3) is 0 Å². The Balaban J connectivity index is 1.94. The number of rotatable bonds is 6. The second-order valence-corrected chi connectivity index (χ2v) is 9.40. The topological polar surface area (TPSA) is 110 Å². The lowest BCUT2D eigenvalue weighted by Gasteiger charge is -2.30. The lowest BCUT2D eigenvalue weighted by atomic mass is 10.1. The molecule has 150 valence electrons. The van der Waals surface area contributed by atoms with Crippen LogP contribution in [-0.2, 0) is 22.6 Å². The molecule has 1 atom stereocenters. The number of piperidine rings is 1. The van der Waals surface area contributed by atoms with Crippen LogP contribution in [0, 0.1) is 3.57 Å². The van der Waals surface area contributed by atoms with Crippen molar-refractivity contribution in [3.63, 3.8) is 0 Å². The van der Waals surface area contributed by atoms with Crippen molar-refractivity contribution in [2.45, 2.75) is 25.4 Å². The van der Waals surface area contributed by atoms with Crippen LogP contribution in [0.15, 0.2) is 16.6 Å². The summed E-state index contributed by atoms with van der Waals surface area (Å²) in [6.07, 6.45) is 0.0650. The average Bonchev–Trinajstić information content (AvgIpc) is 2.59. The van der Waals surface area contributed by atoms with E-state index in [1.165, 1.54) is 4.90 Å². The molecule has 0 spiro atoms. The third-order valence-corrected chi connectivity index (χ3v) is 7.01. The number of hydrogen-bond donors (Lipinski definition) is 3. The van der Waals surface area contributed by atoms with E-state index in [9.17, 15) is 18.4 Å². The van der Waals surface area contributed by atoms with Gasteiger partial charge in [-0.1, -0.05) is 11.6 Å². The highest BCUT2D eigenvalue weighted by molar-refractivity contribution is 14.1. The number of carbonyl (C=O) groups excluding carboxylic acids is 1. The van der Waals surface area contributed by atoms with Gasteiger partial charge in [0.25, 0.3) is 0 Å². The zero-order valence-corrected chi connectivity index (χ0v) is 19.3. The van der Waals surface area contributed by atoms with Crippen LogP contribution in [0.2, 0.25) is 5.02 Å². The molecule has 0 aromatic heterocycles. The van der Waals surface area contributed by atoms with Gasteiger partial charge in [0.05, 0.1) is 11.6 Å². The first kappa shape index (κ1) is 22.8. The Bertz CT molecular complexity index is 748. The van der Waals surface area contributed by atoms with Crippen LogP contribution in [0.3, 0.4) is 0 Å². The maximum atomic E-state index is 12.3. The summed E-state index contributed by atoms with van der Waals surface area (Å²) < 4.78 is 23.8. The summed E-state index contributed by atoms with van der Waals surface area (Å²) in [7, 11) is 0. The summed E-state index contributed by atoms with van der Waals surface area (Å²) in [5, 5.41) is 12.3. The molecule has 1 saturated heterocycles. The maximum absolute atomic E-state index is 12.3. The SMILES string of the molecule is O=C(CN(Cc1cc(Br)c(Cl)cc1I)S(=O)O)NC1CCN(C(=O)O)CC1. The van der Waals surface area contributed by atoms with Gasteiger partial charge in [0, 0.05) is 33.7 Å². The molecule has 8 nitrogen and oxygen atoms in total. The van der Waals surface area contributed by atoms with Crippen LogP contribution >= 0.6 is 50.1 Å². The van der Waals surface area contributed by atoms with E-state index < -0.39 is 17.4 Å². The van der Waals surface area contributed by atoms with Crippen LogP contribution in [-0.4, -0.2) is 60.7 Å². The second-order valence-electron chi connectivity index (χ2n) is 6.00. The van der Waals surface area contributed by atoms with Crippen LogP contribution in [0.1, 0.15) is 18.4 Å².